The first-order valence-corrected chi connectivity index (χ1v) is 7.16. The number of hydrogen-bond donors (Lipinski definition) is 2. The molecule has 2 nitrogen and oxygen atoms in total. The first-order valence-electron chi connectivity index (χ1n) is 6.78. The minimum absolute atomic E-state index is 0.129. The lowest BCUT2D eigenvalue weighted by Crippen LogP contribution is -2.38. The minimum atomic E-state index is -0.129. The standard InChI is InChI=1S/C15H19ClN2/c16-14-11-8-4-5-9-12(11)18-15(17)13(14)10-6-2-1-3-7-10/h4-5,8-10,15,18H,1-3,6-7,17H2. The number of rotatable bonds is 1. The summed E-state index contributed by atoms with van der Waals surface area (Å²) in [5.74, 6) is 0.558. The van der Waals surface area contributed by atoms with Crippen LogP contribution in [0.1, 0.15) is 37.7 Å². The van der Waals surface area contributed by atoms with E-state index in [1.165, 1.54) is 37.7 Å². The number of benzene rings is 1. The molecule has 0 spiro atoms. The second kappa shape index (κ2) is 4.94. The Labute approximate surface area is 113 Å². The smallest absolute Gasteiger partial charge is 0.0986 e. The van der Waals surface area contributed by atoms with Crippen LogP contribution in [0.2, 0.25) is 0 Å². The zero-order chi connectivity index (χ0) is 12.5. The maximum absolute atomic E-state index is 6.60. The van der Waals surface area contributed by atoms with Gasteiger partial charge >= 0.3 is 0 Å². The van der Waals surface area contributed by atoms with Crippen molar-refractivity contribution in [3.8, 4) is 0 Å². The number of para-hydroxylation sites is 1. The van der Waals surface area contributed by atoms with E-state index in [9.17, 15) is 0 Å². The van der Waals surface area contributed by atoms with Gasteiger partial charge in [-0.3, -0.25) is 0 Å². The third kappa shape index (κ3) is 2.04. The molecule has 1 saturated carbocycles. The predicted molar refractivity (Wildman–Crippen MR) is 77.4 cm³/mol. The van der Waals surface area contributed by atoms with Crippen LogP contribution in [0.25, 0.3) is 5.03 Å². The summed E-state index contributed by atoms with van der Waals surface area (Å²) in [5.41, 5.74) is 9.63. The Kier molecular flexibility index (Phi) is 3.31. The summed E-state index contributed by atoms with van der Waals surface area (Å²) >= 11 is 6.60. The Morgan fingerprint density at radius 3 is 2.61 bits per heavy atom. The van der Waals surface area contributed by atoms with Crippen LogP contribution in [-0.2, 0) is 0 Å². The number of nitrogens with one attached hydrogen (secondary N) is 1. The lowest BCUT2D eigenvalue weighted by Gasteiger charge is -2.34. The average molecular weight is 263 g/mol. The molecule has 0 radical (unpaired) electrons. The molecule has 3 rings (SSSR count). The molecule has 1 aromatic carbocycles. The molecule has 1 fully saturated rings. The zero-order valence-corrected chi connectivity index (χ0v) is 11.2. The Balaban J connectivity index is 2.01. The van der Waals surface area contributed by atoms with Crippen LogP contribution < -0.4 is 11.1 Å². The van der Waals surface area contributed by atoms with Crippen molar-refractivity contribution in [2.24, 2.45) is 11.7 Å². The molecule has 1 aromatic rings. The van der Waals surface area contributed by atoms with E-state index in [0.29, 0.717) is 5.92 Å². The van der Waals surface area contributed by atoms with E-state index in [1.54, 1.807) is 0 Å². The summed E-state index contributed by atoms with van der Waals surface area (Å²) in [5, 5.41) is 4.25. The molecule has 1 aliphatic heterocycles. The van der Waals surface area contributed by atoms with Gasteiger partial charge in [0.15, 0.2) is 0 Å². The maximum atomic E-state index is 6.60. The number of fused-ring (bicyclic) bond motifs is 1. The molecule has 1 heterocycles. The van der Waals surface area contributed by atoms with E-state index in [-0.39, 0.29) is 6.17 Å². The van der Waals surface area contributed by atoms with Gasteiger partial charge in [-0.05, 0) is 30.4 Å². The quantitative estimate of drug-likeness (QED) is 0.805. The molecule has 3 N–H and O–H groups in total. The Morgan fingerprint density at radius 1 is 1.11 bits per heavy atom. The Morgan fingerprint density at radius 2 is 1.83 bits per heavy atom. The van der Waals surface area contributed by atoms with Crippen molar-refractivity contribution >= 4 is 22.3 Å². The van der Waals surface area contributed by atoms with Crippen LogP contribution >= 0.6 is 11.6 Å². The second-order valence-corrected chi connectivity index (χ2v) is 5.65. The van der Waals surface area contributed by atoms with Crippen molar-refractivity contribution in [1.82, 2.24) is 0 Å². The average Bonchev–Trinajstić information content (AvgIpc) is 2.40. The van der Waals surface area contributed by atoms with Gasteiger partial charge in [0.25, 0.3) is 0 Å². The van der Waals surface area contributed by atoms with Crippen molar-refractivity contribution < 1.29 is 0 Å². The van der Waals surface area contributed by atoms with Crippen LogP contribution in [0.5, 0.6) is 0 Å². The van der Waals surface area contributed by atoms with Crippen LogP contribution in [-0.4, -0.2) is 6.17 Å². The van der Waals surface area contributed by atoms with Gasteiger partial charge in [0.2, 0.25) is 0 Å². The lowest BCUT2D eigenvalue weighted by molar-refractivity contribution is 0.392. The van der Waals surface area contributed by atoms with Gasteiger partial charge in [-0.15, -0.1) is 0 Å². The highest BCUT2D eigenvalue weighted by Gasteiger charge is 2.29. The van der Waals surface area contributed by atoms with Crippen LogP contribution in [0.4, 0.5) is 5.69 Å². The van der Waals surface area contributed by atoms with Crippen molar-refractivity contribution in [2.75, 3.05) is 5.32 Å². The van der Waals surface area contributed by atoms with E-state index in [4.69, 9.17) is 17.3 Å². The molecule has 1 unspecified atom stereocenters. The molecule has 2 aliphatic rings. The highest BCUT2D eigenvalue weighted by Crippen LogP contribution is 2.42. The van der Waals surface area contributed by atoms with E-state index in [1.807, 2.05) is 18.2 Å². The predicted octanol–water partition coefficient (Wildman–Crippen LogP) is 3.93. The van der Waals surface area contributed by atoms with Gasteiger partial charge in [-0.25, -0.2) is 0 Å². The Hall–Kier alpha value is -0.990. The van der Waals surface area contributed by atoms with Gasteiger partial charge in [-0.2, -0.15) is 0 Å². The summed E-state index contributed by atoms with van der Waals surface area (Å²) in [6.45, 7) is 0. The summed E-state index contributed by atoms with van der Waals surface area (Å²) in [7, 11) is 0. The first-order chi connectivity index (χ1) is 8.77. The molecule has 96 valence electrons. The molecular weight excluding hydrogens is 244 g/mol. The molecular formula is C15H19ClN2. The highest BCUT2D eigenvalue weighted by molar-refractivity contribution is 6.50. The molecule has 0 amide bonds. The lowest BCUT2D eigenvalue weighted by atomic mass is 9.80. The third-order valence-electron chi connectivity index (χ3n) is 4.11. The second-order valence-electron chi connectivity index (χ2n) is 5.27. The first kappa shape index (κ1) is 12.1. The summed E-state index contributed by atoms with van der Waals surface area (Å²) in [4.78, 5) is 0. The van der Waals surface area contributed by atoms with Crippen molar-refractivity contribution in [1.29, 1.82) is 0 Å². The molecule has 1 atom stereocenters. The molecule has 18 heavy (non-hydrogen) atoms. The maximum Gasteiger partial charge on any atom is 0.0986 e. The fourth-order valence-electron chi connectivity index (χ4n) is 3.18. The molecule has 0 aromatic heterocycles. The van der Waals surface area contributed by atoms with Gasteiger partial charge in [-0.1, -0.05) is 49.1 Å². The van der Waals surface area contributed by atoms with Gasteiger partial charge in [0, 0.05) is 11.3 Å². The third-order valence-corrected chi connectivity index (χ3v) is 4.53. The summed E-state index contributed by atoms with van der Waals surface area (Å²) in [6, 6.07) is 8.14. The largest absolute Gasteiger partial charge is 0.366 e. The SMILES string of the molecule is NC1Nc2ccccc2C(Cl)=C1C1CCCCC1. The summed E-state index contributed by atoms with van der Waals surface area (Å²) in [6.07, 6.45) is 6.27. The van der Waals surface area contributed by atoms with E-state index in [0.717, 1.165) is 16.3 Å². The van der Waals surface area contributed by atoms with Crippen molar-refractivity contribution in [2.45, 2.75) is 38.3 Å². The zero-order valence-electron chi connectivity index (χ0n) is 10.5. The Bertz CT molecular complexity index is 475. The minimum Gasteiger partial charge on any atom is -0.366 e. The number of nitrogens with two attached hydrogens (primary N) is 1. The topological polar surface area (TPSA) is 38.0 Å². The van der Waals surface area contributed by atoms with E-state index in [2.05, 4.69) is 11.4 Å². The summed E-state index contributed by atoms with van der Waals surface area (Å²) < 4.78 is 0. The van der Waals surface area contributed by atoms with Crippen LogP contribution in [0.3, 0.4) is 0 Å². The highest BCUT2D eigenvalue weighted by atomic mass is 35.5. The fourth-order valence-corrected chi connectivity index (χ4v) is 3.62. The van der Waals surface area contributed by atoms with E-state index >= 15 is 0 Å². The molecule has 3 heteroatoms. The van der Waals surface area contributed by atoms with Crippen LogP contribution in [0, 0.1) is 5.92 Å². The molecule has 1 aliphatic carbocycles. The van der Waals surface area contributed by atoms with Crippen molar-refractivity contribution in [3.63, 3.8) is 0 Å². The van der Waals surface area contributed by atoms with Gasteiger partial charge in [0.1, 0.15) is 0 Å². The van der Waals surface area contributed by atoms with E-state index < -0.39 is 0 Å². The molecule has 0 saturated heterocycles. The number of halogens is 1. The molecule has 0 bridgehead atoms. The van der Waals surface area contributed by atoms with Gasteiger partial charge < -0.3 is 11.1 Å². The normalized spacial score (nSPS) is 24.7. The number of hydrogen-bond acceptors (Lipinski definition) is 2. The number of anilines is 1. The monoisotopic (exact) mass is 262 g/mol. The van der Waals surface area contributed by atoms with Crippen LogP contribution in [0.15, 0.2) is 29.8 Å². The fraction of sp³-hybridized carbons (Fsp3) is 0.467. The van der Waals surface area contributed by atoms with Crippen molar-refractivity contribution in [3.05, 3.63) is 35.4 Å². The van der Waals surface area contributed by atoms with Gasteiger partial charge in [0.05, 0.1) is 11.2 Å².